The summed E-state index contributed by atoms with van der Waals surface area (Å²) >= 11 is 11.3. The number of anilines is 1. The summed E-state index contributed by atoms with van der Waals surface area (Å²) in [5.41, 5.74) is 1.63. The molecule has 2 aromatic carbocycles. The van der Waals surface area contributed by atoms with Crippen LogP contribution in [0.4, 0.5) is 5.69 Å². The molecule has 3 rings (SSSR count). The average Bonchev–Trinajstić information content (AvgIpc) is 3.15. The van der Waals surface area contributed by atoms with Crippen LogP contribution in [0.3, 0.4) is 0 Å². The highest BCUT2D eigenvalue weighted by atomic mass is 35.5. The molecule has 3 aromatic rings. The number of rotatable bonds is 7. The molecule has 0 aliphatic rings. The van der Waals surface area contributed by atoms with Gasteiger partial charge in [-0.15, -0.1) is 0 Å². The Labute approximate surface area is 167 Å². The first kappa shape index (κ1) is 18.9. The number of hydrogen-bond donors (Lipinski definition) is 2. The van der Waals surface area contributed by atoms with Crippen LogP contribution in [0, 0.1) is 0 Å². The van der Waals surface area contributed by atoms with Crippen molar-refractivity contribution in [2.75, 3.05) is 11.9 Å². The minimum absolute atomic E-state index is 0.305. The summed E-state index contributed by atoms with van der Waals surface area (Å²) in [5.74, 6) is 1.66. The molecule has 0 saturated heterocycles. The van der Waals surface area contributed by atoms with Crippen molar-refractivity contribution in [3.63, 3.8) is 0 Å². The molecule has 0 amide bonds. The lowest BCUT2D eigenvalue weighted by atomic mass is 10.2. The van der Waals surface area contributed by atoms with E-state index in [1.165, 1.54) is 0 Å². The average molecular weight is 401 g/mol. The summed E-state index contributed by atoms with van der Waals surface area (Å²) in [6.07, 6.45) is 1.69. The first-order valence-electron chi connectivity index (χ1n) is 8.11. The van der Waals surface area contributed by atoms with Gasteiger partial charge in [0, 0.05) is 16.3 Å². The van der Waals surface area contributed by atoms with Gasteiger partial charge in [0.15, 0.2) is 5.11 Å². The van der Waals surface area contributed by atoms with Crippen LogP contribution in [0.1, 0.15) is 5.89 Å². The summed E-state index contributed by atoms with van der Waals surface area (Å²) in [7, 11) is 0. The Balaban J connectivity index is 1.51. The van der Waals surface area contributed by atoms with Crippen LogP contribution >= 0.6 is 23.8 Å². The Bertz CT molecular complexity index is 927. The van der Waals surface area contributed by atoms with E-state index < -0.39 is 0 Å². The third-order valence-corrected chi connectivity index (χ3v) is 3.91. The van der Waals surface area contributed by atoms with E-state index in [0.29, 0.717) is 35.0 Å². The lowest BCUT2D eigenvalue weighted by molar-refractivity contribution is 0.363. The highest BCUT2D eigenvalue weighted by molar-refractivity contribution is 7.80. The van der Waals surface area contributed by atoms with E-state index in [9.17, 15) is 0 Å². The molecule has 1 aromatic heterocycles. The summed E-state index contributed by atoms with van der Waals surface area (Å²) in [6.45, 7) is 4.39. The van der Waals surface area contributed by atoms with Crippen molar-refractivity contribution in [1.82, 2.24) is 15.5 Å². The number of nitrogens with one attached hydrogen (secondary N) is 2. The van der Waals surface area contributed by atoms with Crippen molar-refractivity contribution in [2.24, 2.45) is 0 Å². The number of thiocarbonyl (C=S) groups is 1. The number of ether oxygens (including phenoxy) is 1. The molecule has 0 bridgehead atoms. The lowest BCUT2D eigenvalue weighted by Gasteiger charge is -2.09. The van der Waals surface area contributed by atoms with Gasteiger partial charge in [0.05, 0.1) is 6.54 Å². The van der Waals surface area contributed by atoms with Crippen LogP contribution in [-0.4, -0.2) is 21.9 Å². The standard InChI is InChI=1S/C19H17ClN4O2S/c1-2-10-25-16-8-6-15(7-9-16)22-19(27)21-12-17-23-18(24-26-17)13-4-3-5-14(20)11-13/h2-9,11H,1,10,12H2,(H2,21,22,27). The van der Waals surface area contributed by atoms with Gasteiger partial charge >= 0.3 is 0 Å². The van der Waals surface area contributed by atoms with E-state index >= 15 is 0 Å². The molecule has 0 aliphatic carbocycles. The maximum atomic E-state index is 5.98. The van der Waals surface area contributed by atoms with Crippen molar-refractivity contribution in [3.05, 3.63) is 72.1 Å². The molecule has 1 heterocycles. The van der Waals surface area contributed by atoms with E-state index in [4.69, 9.17) is 33.1 Å². The summed E-state index contributed by atoms with van der Waals surface area (Å²) < 4.78 is 10.7. The Hall–Kier alpha value is -2.90. The molecule has 0 unspecified atom stereocenters. The summed E-state index contributed by atoms with van der Waals surface area (Å²) in [4.78, 5) is 4.33. The zero-order chi connectivity index (χ0) is 19.1. The van der Waals surface area contributed by atoms with E-state index in [1.807, 2.05) is 36.4 Å². The molecular weight excluding hydrogens is 384 g/mol. The third kappa shape index (κ3) is 5.54. The van der Waals surface area contributed by atoms with Crippen LogP contribution in [0.15, 0.2) is 65.7 Å². The van der Waals surface area contributed by atoms with E-state index in [0.717, 1.165) is 17.0 Å². The normalized spacial score (nSPS) is 10.3. The molecular formula is C19H17ClN4O2S. The lowest BCUT2D eigenvalue weighted by Crippen LogP contribution is -2.27. The number of halogens is 1. The molecule has 0 atom stereocenters. The molecule has 0 radical (unpaired) electrons. The molecule has 0 spiro atoms. The monoisotopic (exact) mass is 400 g/mol. The minimum atomic E-state index is 0.305. The number of aromatic nitrogens is 2. The molecule has 8 heteroatoms. The highest BCUT2D eigenvalue weighted by Gasteiger charge is 2.09. The maximum absolute atomic E-state index is 5.98. The van der Waals surface area contributed by atoms with Crippen LogP contribution in [-0.2, 0) is 6.54 Å². The van der Waals surface area contributed by atoms with Crippen molar-refractivity contribution in [1.29, 1.82) is 0 Å². The largest absolute Gasteiger partial charge is 0.490 e. The number of benzene rings is 2. The van der Waals surface area contributed by atoms with Gasteiger partial charge in [0.25, 0.3) is 0 Å². The first-order valence-corrected chi connectivity index (χ1v) is 8.90. The fraction of sp³-hybridized carbons (Fsp3) is 0.105. The minimum Gasteiger partial charge on any atom is -0.490 e. The van der Waals surface area contributed by atoms with Gasteiger partial charge in [-0.3, -0.25) is 0 Å². The predicted octanol–water partition coefficient (Wildman–Crippen LogP) is 4.44. The van der Waals surface area contributed by atoms with Crippen LogP contribution < -0.4 is 15.4 Å². The molecule has 27 heavy (non-hydrogen) atoms. The van der Waals surface area contributed by atoms with E-state index in [2.05, 4.69) is 27.4 Å². The van der Waals surface area contributed by atoms with Gasteiger partial charge < -0.3 is 19.9 Å². The van der Waals surface area contributed by atoms with Gasteiger partial charge in [-0.25, -0.2) is 0 Å². The van der Waals surface area contributed by atoms with Crippen molar-refractivity contribution >= 4 is 34.6 Å². The second kappa shape index (κ2) is 9.16. The summed E-state index contributed by atoms with van der Waals surface area (Å²) in [5, 5.41) is 11.1. The Morgan fingerprint density at radius 2 is 2.07 bits per heavy atom. The van der Waals surface area contributed by atoms with Crippen molar-refractivity contribution in [3.8, 4) is 17.1 Å². The Morgan fingerprint density at radius 1 is 1.26 bits per heavy atom. The van der Waals surface area contributed by atoms with E-state index in [1.54, 1.807) is 18.2 Å². The van der Waals surface area contributed by atoms with Gasteiger partial charge in [0.2, 0.25) is 11.7 Å². The topological polar surface area (TPSA) is 72.2 Å². The smallest absolute Gasteiger partial charge is 0.246 e. The second-order valence-corrected chi connectivity index (χ2v) is 6.30. The summed E-state index contributed by atoms with van der Waals surface area (Å²) in [6, 6.07) is 14.7. The second-order valence-electron chi connectivity index (χ2n) is 5.45. The van der Waals surface area contributed by atoms with Gasteiger partial charge in [-0.2, -0.15) is 4.98 Å². The zero-order valence-corrected chi connectivity index (χ0v) is 15.9. The van der Waals surface area contributed by atoms with Gasteiger partial charge in [-0.1, -0.05) is 41.5 Å². The Kier molecular flexibility index (Phi) is 6.40. The quantitative estimate of drug-likeness (QED) is 0.448. The Morgan fingerprint density at radius 3 is 2.81 bits per heavy atom. The van der Waals surface area contributed by atoms with Crippen molar-refractivity contribution < 1.29 is 9.26 Å². The zero-order valence-electron chi connectivity index (χ0n) is 14.3. The molecule has 138 valence electrons. The van der Waals surface area contributed by atoms with Crippen LogP contribution in [0.2, 0.25) is 5.02 Å². The molecule has 0 saturated carbocycles. The number of hydrogen-bond acceptors (Lipinski definition) is 5. The molecule has 2 N–H and O–H groups in total. The molecule has 6 nitrogen and oxygen atoms in total. The highest BCUT2D eigenvalue weighted by Crippen LogP contribution is 2.20. The van der Waals surface area contributed by atoms with Crippen LogP contribution in [0.5, 0.6) is 5.75 Å². The van der Waals surface area contributed by atoms with Gasteiger partial charge in [-0.05, 0) is 48.6 Å². The number of nitrogens with zero attached hydrogens (tertiary/aromatic N) is 2. The predicted molar refractivity (Wildman–Crippen MR) is 110 cm³/mol. The molecule has 0 fully saturated rings. The fourth-order valence-corrected chi connectivity index (χ4v) is 2.57. The SMILES string of the molecule is C=CCOc1ccc(NC(=S)NCc2nc(-c3cccc(Cl)c3)no2)cc1. The third-order valence-electron chi connectivity index (χ3n) is 3.43. The fourth-order valence-electron chi connectivity index (χ4n) is 2.19. The maximum Gasteiger partial charge on any atom is 0.246 e. The first-order chi connectivity index (χ1) is 13.1. The van der Waals surface area contributed by atoms with Crippen molar-refractivity contribution in [2.45, 2.75) is 6.54 Å². The molecule has 0 aliphatic heterocycles. The van der Waals surface area contributed by atoms with E-state index in [-0.39, 0.29) is 0 Å². The van der Waals surface area contributed by atoms with Gasteiger partial charge in [0.1, 0.15) is 12.4 Å². The van der Waals surface area contributed by atoms with Crippen LogP contribution in [0.25, 0.3) is 11.4 Å².